The first-order valence-corrected chi connectivity index (χ1v) is 8.91. The Bertz CT molecular complexity index is 931. The monoisotopic (exact) mass is 403 g/mol. The highest BCUT2D eigenvalue weighted by atomic mass is 19.1. The Morgan fingerprint density at radius 1 is 1.24 bits per heavy atom. The summed E-state index contributed by atoms with van der Waals surface area (Å²) in [6.45, 7) is -0.0827. The molecule has 152 valence electrons. The number of carbonyl (C=O) groups is 3. The van der Waals surface area contributed by atoms with E-state index in [1.807, 2.05) is 0 Å². The normalized spacial score (nSPS) is 13.4. The summed E-state index contributed by atoms with van der Waals surface area (Å²) < 4.78 is 26.3. The van der Waals surface area contributed by atoms with Crippen LogP contribution in [-0.4, -0.2) is 36.0 Å². The van der Waals surface area contributed by atoms with Crippen molar-refractivity contribution < 1.29 is 28.3 Å². The molecule has 0 saturated heterocycles. The molecule has 0 aromatic heterocycles. The minimum Gasteiger partial charge on any atom is -0.383 e. The van der Waals surface area contributed by atoms with E-state index in [1.54, 1.807) is 18.2 Å². The Balaban J connectivity index is 1.53. The molecule has 2 aromatic carbocycles. The molecule has 1 aliphatic heterocycles. The minimum absolute atomic E-state index is 0.0453. The summed E-state index contributed by atoms with van der Waals surface area (Å²) in [5.41, 5.74) is 2.22. The summed E-state index contributed by atoms with van der Waals surface area (Å²) in [5, 5.41) is 15.1. The van der Waals surface area contributed by atoms with Gasteiger partial charge >= 0.3 is 0 Å². The fourth-order valence-corrected chi connectivity index (χ4v) is 3.05. The zero-order chi connectivity index (χ0) is 21.0. The van der Waals surface area contributed by atoms with Crippen LogP contribution >= 0.6 is 0 Å². The van der Waals surface area contributed by atoms with Crippen LogP contribution < -0.4 is 15.5 Å². The van der Waals surface area contributed by atoms with E-state index < -0.39 is 23.6 Å². The molecule has 2 aromatic rings. The topological polar surface area (TPSA) is 98.7 Å². The van der Waals surface area contributed by atoms with E-state index in [-0.39, 0.29) is 37.4 Å². The standard InChI is InChI=1S/C20H19F2N3O4/c21-14-5-12(6-15(22)9-14)10-23-20(29)18(27)3-4-25(11-26)16-1-2-17-13(7-16)8-19(28)24-17/h1-2,5-7,9,11,18,27H,3-4,8,10H2,(H,23,29)(H,24,28)/t18-/m0/s1. The highest BCUT2D eigenvalue weighted by Gasteiger charge is 2.20. The minimum atomic E-state index is -1.41. The van der Waals surface area contributed by atoms with Gasteiger partial charge in [0.15, 0.2) is 0 Å². The number of nitrogens with zero attached hydrogens (tertiary/aromatic N) is 1. The molecule has 7 nitrogen and oxygen atoms in total. The summed E-state index contributed by atoms with van der Waals surface area (Å²) in [6.07, 6.45) is -0.655. The quantitative estimate of drug-likeness (QED) is 0.582. The first kappa shape index (κ1) is 20.4. The van der Waals surface area contributed by atoms with E-state index in [0.29, 0.717) is 17.8 Å². The number of nitrogens with one attached hydrogen (secondary N) is 2. The van der Waals surface area contributed by atoms with Gasteiger partial charge in [0.2, 0.25) is 18.2 Å². The third-order valence-electron chi connectivity index (χ3n) is 4.51. The number of hydrogen-bond acceptors (Lipinski definition) is 4. The Kier molecular flexibility index (Phi) is 6.18. The lowest BCUT2D eigenvalue weighted by Crippen LogP contribution is -2.37. The van der Waals surface area contributed by atoms with Gasteiger partial charge in [0, 0.05) is 37.0 Å². The highest BCUT2D eigenvalue weighted by molar-refractivity contribution is 5.99. The Morgan fingerprint density at radius 3 is 2.66 bits per heavy atom. The average molecular weight is 403 g/mol. The lowest BCUT2D eigenvalue weighted by Gasteiger charge is -2.20. The number of hydrogen-bond donors (Lipinski definition) is 3. The molecule has 1 heterocycles. The van der Waals surface area contributed by atoms with Crippen LogP contribution in [0.25, 0.3) is 0 Å². The van der Waals surface area contributed by atoms with E-state index in [4.69, 9.17) is 0 Å². The van der Waals surface area contributed by atoms with Crippen molar-refractivity contribution >= 4 is 29.6 Å². The number of amides is 3. The van der Waals surface area contributed by atoms with Crippen LogP contribution in [0.4, 0.5) is 20.2 Å². The van der Waals surface area contributed by atoms with Gasteiger partial charge in [-0.2, -0.15) is 0 Å². The number of aliphatic hydroxyl groups is 1. The fraction of sp³-hybridized carbons (Fsp3) is 0.250. The second kappa shape index (κ2) is 8.78. The molecule has 1 atom stereocenters. The van der Waals surface area contributed by atoms with E-state index >= 15 is 0 Å². The molecule has 29 heavy (non-hydrogen) atoms. The Labute approximate surface area is 165 Å². The van der Waals surface area contributed by atoms with Crippen molar-refractivity contribution in [1.82, 2.24) is 5.32 Å². The van der Waals surface area contributed by atoms with E-state index in [9.17, 15) is 28.3 Å². The van der Waals surface area contributed by atoms with Gasteiger partial charge in [-0.15, -0.1) is 0 Å². The van der Waals surface area contributed by atoms with Gasteiger partial charge < -0.3 is 20.6 Å². The maximum absolute atomic E-state index is 13.2. The number of rotatable bonds is 8. The van der Waals surface area contributed by atoms with Gasteiger partial charge in [-0.25, -0.2) is 8.78 Å². The van der Waals surface area contributed by atoms with Gasteiger partial charge in [0.25, 0.3) is 0 Å². The van der Waals surface area contributed by atoms with Gasteiger partial charge in [0.1, 0.15) is 17.7 Å². The molecule has 0 fully saturated rings. The van der Waals surface area contributed by atoms with Crippen LogP contribution in [0.15, 0.2) is 36.4 Å². The number of aliphatic hydroxyl groups excluding tert-OH is 1. The highest BCUT2D eigenvalue weighted by Crippen LogP contribution is 2.27. The molecule has 0 saturated carbocycles. The molecule has 0 unspecified atom stereocenters. The molecule has 3 rings (SSSR count). The molecule has 0 spiro atoms. The van der Waals surface area contributed by atoms with Crippen LogP contribution in [0.5, 0.6) is 0 Å². The van der Waals surface area contributed by atoms with Crippen molar-refractivity contribution in [3.63, 3.8) is 0 Å². The van der Waals surface area contributed by atoms with Crippen molar-refractivity contribution in [2.45, 2.75) is 25.5 Å². The molecule has 0 bridgehead atoms. The maximum Gasteiger partial charge on any atom is 0.249 e. The third kappa shape index (κ3) is 5.14. The summed E-state index contributed by atoms with van der Waals surface area (Å²) in [6, 6.07) is 7.93. The van der Waals surface area contributed by atoms with Crippen LogP contribution in [0.1, 0.15) is 17.5 Å². The van der Waals surface area contributed by atoms with Gasteiger partial charge in [-0.3, -0.25) is 14.4 Å². The second-order valence-corrected chi connectivity index (χ2v) is 6.67. The number of carbonyl (C=O) groups excluding carboxylic acids is 3. The lowest BCUT2D eigenvalue weighted by molar-refractivity contribution is -0.129. The van der Waals surface area contributed by atoms with Crippen LogP contribution in [0.2, 0.25) is 0 Å². The molecule has 0 aliphatic carbocycles. The molecular formula is C20H19F2N3O4. The third-order valence-corrected chi connectivity index (χ3v) is 4.51. The SMILES string of the molecule is O=CN(CC[C@H](O)C(=O)NCc1cc(F)cc(F)c1)c1ccc2c(c1)CC(=O)N2. The molecule has 9 heteroatoms. The number of halogens is 2. The predicted octanol–water partition coefficient (Wildman–Crippen LogP) is 1.49. The average Bonchev–Trinajstić information content (AvgIpc) is 3.05. The van der Waals surface area contributed by atoms with Crippen molar-refractivity contribution in [2.24, 2.45) is 0 Å². The lowest BCUT2D eigenvalue weighted by atomic mass is 10.1. The Morgan fingerprint density at radius 2 is 1.97 bits per heavy atom. The summed E-state index contributed by atoms with van der Waals surface area (Å²) in [7, 11) is 0. The van der Waals surface area contributed by atoms with Crippen LogP contribution in [-0.2, 0) is 27.3 Å². The zero-order valence-electron chi connectivity index (χ0n) is 15.3. The zero-order valence-corrected chi connectivity index (χ0v) is 15.3. The van der Waals surface area contributed by atoms with E-state index in [0.717, 1.165) is 23.8 Å². The van der Waals surface area contributed by atoms with E-state index in [1.165, 1.54) is 4.90 Å². The van der Waals surface area contributed by atoms with Gasteiger partial charge in [0.05, 0.1) is 6.42 Å². The van der Waals surface area contributed by atoms with E-state index in [2.05, 4.69) is 10.6 Å². The summed E-state index contributed by atoms with van der Waals surface area (Å²) in [5.74, 6) is -2.37. The fourth-order valence-electron chi connectivity index (χ4n) is 3.05. The maximum atomic E-state index is 13.2. The van der Waals surface area contributed by atoms with Crippen molar-refractivity contribution in [3.8, 4) is 0 Å². The molecule has 1 aliphatic rings. The van der Waals surface area contributed by atoms with Gasteiger partial charge in [-0.05, 0) is 41.5 Å². The Hall–Kier alpha value is -3.33. The molecule has 3 amide bonds. The van der Waals surface area contributed by atoms with Crippen molar-refractivity contribution in [2.75, 3.05) is 16.8 Å². The molecule has 0 radical (unpaired) electrons. The second-order valence-electron chi connectivity index (χ2n) is 6.67. The van der Waals surface area contributed by atoms with Gasteiger partial charge in [-0.1, -0.05) is 0 Å². The first-order valence-electron chi connectivity index (χ1n) is 8.91. The van der Waals surface area contributed by atoms with Crippen LogP contribution in [0, 0.1) is 11.6 Å². The van der Waals surface area contributed by atoms with Crippen LogP contribution in [0.3, 0.4) is 0 Å². The number of benzene rings is 2. The van der Waals surface area contributed by atoms with Crippen molar-refractivity contribution in [3.05, 3.63) is 59.2 Å². The number of anilines is 2. The smallest absolute Gasteiger partial charge is 0.249 e. The molecule has 3 N–H and O–H groups in total. The predicted molar refractivity (Wildman–Crippen MR) is 101 cm³/mol. The summed E-state index contributed by atoms with van der Waals surface area (Å²) in [4.78, 5) is 36.2. The summed E-state index contributed by atoms with van der Waals surface area (Å²) >= 11 is 0. The largest absolute Gasteiger partial charge is 0.383 e. The first-order chi connectivity index (χ1) is 13.9. The molecular weight excluding hydrogens is 384 g/mol. The number of fused-ring (bicyclic) bond motifs is 1. The van der Waals surface area contributed by atoms with Crippen molar-refractivity contribution in [1.29, 1.82) is 0 Å².